The molecule has 2 rings (SSSR count). The van der Waals surface area contributed by atoms with E-state index in [1.54, 1.807) is 30.1 Å². The second-order valence-corrected chi connectivity index (χ2v) is 3.57. The third-order valence-corrected chi connectivity index (χ3v) is 2.48. The predicted molar refractivity (Wildman–Crippen MR) is 59.5 cm³/mol. The van der Waals surface area contributed by atoms with Crippen LogP contribution >= 0.6 is 0 Å². The number of benzene rings is 1. The molecule has 1 aromatic carbocycles. The van der Waals surface area contributed by atoms with Crippen molar-refractivity contribution in [2.45, 2.75) is 6.92 Å². The summed E-state index contributed by atoms with van der Waals surface area (Å²) in [4.78, 5) is 0. The Morgan fingerprint density at radius 1 is 1.33 bits per heavy atom. The quantitative estimate of drug-likeness (QED) is 0.741. The highest BCUT2D eigenvalue weighted by Gasteiger charge is 2.09. The van der Waals surface area contributed by atoms with Crippen LogP contribution in [0.5, 0.6) is 5.75 Å². The number of aryl methyl sites for hydroxylation is 2. The lowest BCUT2D eigenvalue weighted by Crippen LogP contribution is -1.98. The monoisotopic (exact) mass is 203 g/mol. The van der Waals surface area contributed by atoms with Crippen LogP contribution in [0.25, 0.3) is 11.1 Å². The fourth-order valence-electron chi connectivity index (χ4n) is 1.60. The number of hydrogen-bond donors (Lipinski definition) is 2. The lowest BCUT2D eigenvalue weighted by molar-refractivity contribution is 0.475. The van der Waals surface area contributed by atoms with Crippen molar-refractivity contribution >= 4 is 5.82 Å². The number of phenols is 1. The topological polar surface area (TPSA) is 64.1 Å². The van der Waals surface area contributed by atoms with Crippen LogP contribution < -0.4 is 5.73 Å². The van der Waals surface area contributed by atoms with Crippen LogP contribution in [0, 0.1) is 6.92 Å². The molecule has 0 unspecified atom stereocenters. The summed E-state index contributed by atoms with van der Waals surface area (Å²) in [5.41, 5.74) is 8.76. The first kappa shape index (κ1) is 9.58. The zero-order valence-corrected chi connectivity index (χ0v) is 8.73. The van der Waals surface area contributed by atoms with Crippen LogP contribution in [-0.2, 0) is 7.05 Å². The van der Waals surface area contributed by atoms with Crippen LogP contribution in [0.3, 0.4) is 0 Å². The molecule has 0 radical (unpaired) electrons. The Balaban J connectivity index is 2.59. The number of hydrogen-bond acceptors (Lipinski definition) is 3. The summed E-state index contributed by atoms with van der Waals surface area (Å²) in [5.74, 6) is 0.891. The van der Waals surface area contributed by atoms with Crippen LogP contribution in [0.4, 0.5) is 5.82 Å². The maximum Gasteiger partial charge on any atom is 0.129 e. The number of nitrogen functional groups attached to an aromatic ring is 1. The van der Waals surface area contributed by atoms with E-state index in [0.717, 1.165) is 16.7 Å². The Hall–Kier alpha value is -1.97. The number of nitrogens with zero attached hydrogens (tertiary/aromatic N) is 2. The third-order valence-electron chi connectivity index (χ3n) is 2.48. The molecule has 0 aliphatic heterocycles. The molecule has 0 bridgehead atoms. The molecule has 0 aliphatic carbocycles. The lowest BCUT2D eigenvalue weighted by atomic mass is 10.0. The molecule has 4 nitrogen and oxygen atoms in total. The van der Waals surface area contributed by atoms with Gasteiger partial charge in [0.15, 0.2) is 0 Å². The number of rotatable bonds is 1. The molecule has 0 fully saturated rings. The highest BCUT2D eigenvalue weighted by Crippen LogP contribution is 2.29. The molecule has 0 aliphatic rings. The minimum atomic E-state index is 0.263. The molecule has 0 saturated heterocycles. The Kier molecular flexibility index (Phi) is 2.11. The zero-order chi connectivity index (χ0) is 11.0. The van der Waals surface area contributed by atoms with Gasteiger partial charge >= 0.3 is 0 Å². The summed E-state index contributed by atoms with van der Waals surface area (Å²) in [6.45, 7) is 1.93. The van der Waals surface area contributed by atoms with Crippen molar-refractivity contribution < 1.29 is 5.11 Å². The molecule has 0 saturated carbocycles. The maximum absolute atomic E-state index is 9.31. The number of anilines is 1. The van der Waals surface area contributed by atoms with Gasteiger partial charge in [-0.2, -0.15) is 5.10 Å². The summed E-state index contributed by atoms with van der Waals surface area (Å²) < 4.78 is 1.63. The molecular weight excluding hydrogens is 190 g/mol. The lowest BCUT2D eigenvalue weighted by Gasteiger charge is -2.05. The Morgan fingerprint density at radius 3 is 2.60 bits per heavy atom. The van der Waals surface area contributed by atoms with Crippen LogP contribution in [0.2, 0.25) is 0 Å². The van der Waals surface area contributed by atoms with Crippen molar-refractivity contribution in [2.24, 2.45) is 7.05 Å². The zero-order valence-electron chi connectivity index (χ0n) is 8.73. The first-order chi connectivity index (χ1) is 7.09. The molecule has 0 amide bonds. The largest absolute Gasteiger partial charge is 0.508 e. The highest BCUT2D eigenvalue weighted by atomic mass is 16.3. The summed E-state index contributed by atoms with van der Waals surface area (Å²) in [6, 6.07) is 5.20. The summed E-state index contributed by atoms with van der Waals surface area (Å²) in [6.07, 6.45) is 1.73. The number of nitrogens with two attached hydrogens (primary N) is 1. The van der Waals surface area contributed by atoms with Gasteiger partial charge in [0.05, 0.1) is 6.20 Å². The van der Waals surface area contributed by atoms with Crippen LogP contribution in [0.1, 0.15) is 5.56 Å². The van der Waals surface area contributed by atoms with Crippen molar-refractivity contribution in [3.05, 3.63) is 30.0 Å². The van der Waals surface area contributed by atoms with E-state index in [9.17, 15) is 5.11 Å². The van der Waals surface area contributed by atoms with E-state index < -0.39 is 0 Å². The van der Waals surface area contributed by atoms with E-state index >= 15 is 0 Å². The van der Waals surface area contributed by atoms with E-state index in [1.165, 1.54) is 0 Å². The molecule has 1 heterocycles. The van der Waals surface area contributed by atoms with Crippen molar-refractivity contribution in [3.8, 4) is 16.9 Å². The highest BCUT2D eigenvalue weighted by molar-refractivity contribution is 5.76. The standard InChI is InChI=1S/C11H13N3O/c1-7-5-8(15)3-4-9(7)10-6-13-14(2)11(10)12/h3-6,15H,12H2,1-2H3. The maximum atomic E-state index is 9.31. The van der Waals surface area contributed by atoms with Crippen molar-refractivity contribution in [1.82, 2.24) is 9.78 Å². The second-order valence-electron chi connectivity index (χ2n) is 3.57. The van der Waals surface area contributed by atoms with E-state index in [-0.39, 0.29) is 5.75 Å². The summed E-state index contributed by atoms with van der Waals surface area (Å²) in [7, 11) is 1.80. The molecule has 3 N–H and O–H groups in total. The van der Waals surface area contributed by atoms with Crippen molar-refractivity contribution in [2.75, 3.05) is 5.73 Å². The average molecular weight is 203 g/mol. The molecule has 78 valence electrons. The fourth-order valence-corrected chi connectivity index (χ4v) is 1.60. The smallest absolute Gasteiger partial charge is 0.129 e. The van der Waals surface area contributed by atoms with Crippen molar-refractivity contribution in [1.29, 1.82) is 0 Å². The number of aromatic hydroxyl groups is 1. The minimum Gasteiger partial charge on any atom is -0.508 e. The molecule has 4 heteroatoms. The van der Waals surface area contributed by atoms with E-state index in [2.05, 4.69) is 5.10 Å². The number of phenolic OH excluding ortho intramolecular Hbond substituents is 1. The SMILES string of the molecule is Cc1cc(O)ccc1-c1cnn(C)c1N. The van der Waals surface area contributed by atoms with Gasteiger partial charge in [-0.15, -0.1) is 0 Å². The van der Waals surface area contributed by atoms with Gasteiger partial charge in [-0.25, -0.2) is 0 Å². The van der Waals surface area contributed by atoms with Gasteiger partial charge in [-0.05, 0) is 30.2 Å². The van der Waals surface area contributed by atoms with Gasteiger partial charge in [0.1, 0.15) is 11.6 Å². The minimum absolute atomic E-state index is 0.263. The molecule has 2 aromatic rings. The fraction of sp³-hybridized carbons (Fsp3) is 0.182. The molecule has 1 aromatic heterocycles. The van der Waals surface area contributed by atoms with Gasteiger partial charge in [0, 0.05) is 12.6 Å². The Labute approximate surface area is 88.0 Å². The molecule has 15 heavy (non-hydrogen) atoms. The summed E-state index contributed by atoms with van der Waals surface area (Å²) in [5, 5.41) is 13.4. The molecule has 0 spiro atoms. The first-order valence-electron chi connectivity index (χ1n) is 4.67. The Bertz CT molecular complexity index is 503. The van der Waals surface area contributed by atoms with Gasteiger partial charge in [-0.1, -0.05) is 6.07 Å². The Morgan fingerprint density at radius 2 is 2.07 bits per heavy atom. The van der Waals surface area contributed by atoms with E-state index in [1.807, 2.05) is 13.0 Å². The molecule has 0 atom stereocenters. The van der Waals surface area contributed by atoms with Gasteiger partial charge in [0.2, 0.25) is 0 Å². The van der Waals surface area contributed by atoms with Gasteiger partial charge in [0.25, 0.3) is 0 Å². The predicted octanol–water partition coefficient (Wildman–Crippen LogP) is 1.68. The summed E-state index contributed by atoms with van der Waals surface area (Å²) >= 11 is 0. The normalized spacial score (nSPS) is 10.5. The average Bonchev–Trinajstić information content (AvgIpc) is 2.49. The van der Waals surface area contributed by atoms with Crippen LogP contribution in [0.15, 0.2) is 24.4 Å². The third kappa shape index (κ3) is 1.54. The first-order valence-corrected chi connectivity index (χ1v) is 4.67. The number of aromatic nitrogens is 2. The van der Waals surface area contributed by atoms with Gasteiger partial charge in [-0.3, -0.25) is 4.68 Å². The van der Waals surface area contributed by atoms with Crippen LogP contribution in [-0.4, -0.2) is 14.9 Å². The van der Waals surface area contributed by atoms with Crippen molar-refractivity contribution in [3.63, 3.8) is 0 Å². The second kappa shape index (κ2) is 3.31. The molecular formula is C11H13N3O. The van der Waals surface area contributed by atoms with Gasteiger partial charge < -0.3 is 10.8 Å². The van der Waals surface area contributed by atoms with E-state index in [0.29, 0.717) is 5.82 Å². The van der Waals surface area contributed by atoms with E-state index in [4.69, 9.17) is 5.73 Å².